The van der Waals surface area contributed by atoms with Crippen LogP contribution in [0.2, 0.25) is 0 Å². The molecular weight excluding hydrogens is 324 g/mol. The van der Waals surface area contributed by atoms with E-state index in [1.165, 1.54) is 0 Å². The molecule has 0 spiro atoms. The van der Waals surface area contributed by atoms with E-state index in [9.17, 15) is 34.8 Å². The predicted octanol–water partition coefficient (Wildman–Crippen LogP) is -2.17. The van der Waals surface area contributed by atoms with Crippen LogP contribution in [0, 0.1) is 0 Å². The molecule has 1 unspecified atom stereocenters. The molecule has 0 bridgehead atoms. The third kappa shape index (κ3) is 2.48. The Bertz CT molecular complexity index is 495. The number of carbonyl (C=O) groups is 3. The summed E-state index contributed by atoms with van der Waals surface area (Å²) >= 11 is 5.09. The molecule has 4 N–H and O–H groups in total. The van der Waals surface area contributed by atoms with Crippen LogP contribution in [0.3, 0.4) is 0 Å². The number of Topliss-reactive ketones (excluding diaryl/α,β-unsaturated/α-hetero) is 3. The van der Waals surface area contributed by atoms with Crippen LogP contribution in [0.5, 0.6) is 0 Å². The van der Waals surface area contributed by atoms with Crippen LogP contribution in [0.15, 0.2) is 0 Å². The molecule has 1 fully saturated rings. The van der Waals surface area contributed by atoms with Gasteiger partial charge in [0.25, 0.3) is 0 Å². The monoisotopic (exact) mass is 340 g/mol. The lowest BCUT2D eigenvalue weighted by Crippen LogP contribution is -2.81. The molecule has 10 heteroatoms. The van der Waals surface area contributed by atoms with Crippen LogP contribution in [0.1, 0.15) is 20.8 Å². The molecule has 126 valence electrons. The average Bonchev–Trinajstić information content (AvgIpc) is 2.43. The molecule has 0 aromatic rings. The zero-order chi connectivity index (χ0) is 17.5. The number of halogens is 1. The topological polar surface area (TPSA) is 151 Å². The van der Waals surface area contributed by atoms with Crippen LogP contribution in [0.25, 0.3) is 0 Å². The summed E-state index contributed by atoms with van der Waals surface area (Å²) in [5, 5.41) is 40.9. The van der Waals surface area contributed by atoms with E-state index in [2.05, 4.69) is 4.29 Å². The van der Waals surface area contributed by atoms with E-state index in [4.69, 9.17) is 16.6 Å². The fourth-order valence-electron chi connectivity index (χ4n) is 2.49. The number of aliphatic hydroxyl groups excluding tert-OH is 2. The lowest BCUT2D eigenvalue weighted by Gasteiger charge is -2.52. The van der Waals surface area contributed by atoms with Crippen molar-refractivity contribution in [1.82, 2.24) is 0 Å². The molecule has 1 aliphatic rings. The van der Waals surface area contributed by atoms with E-state index in [1.807, 2.05) is 0 Å². The van der Waals surface area contributed by atoms with Crippen molar-refractivity contribution in [2.45, 2.75) is 56.6 Å². The Kier molecular flexibility index (Phi) is 5.46. The van der Waals surface area contributed by atoms with Gasteiger partial charge in [0, 0.05) is 0 Å². The van der Waals surface area contributed by atoms with Gasteiger partial charge in [-0.2, -0.15) is 0 Å². The van der Waals surface area contributed by atoms with Crippen LogP contribution in [0.4, 0.5) is 0 Å². The molecule has 22 heavy (non-hydrogen) atoms. The highest BCUT2D eigenvalue weighted by molar-refractivity contribution is 6.07. The molecule has 0 amide bonds. The molecule has 0 aromatic carbocycles. The van der Waals surface area contributed by atoms with Gasteiger partial charge in [-0.15, -0.1) is 0 Å². The maximum Gasteiger partial charge on any atom is 0.207 e. The summed E-state index contributed by atoms with van der Waals surface area (Å²) in [5.41, 5.74) is -6.19. The Morgan fingerprint density at radius 1 is 1.14 bits per heavy atom. The highest BCUT2D eigenvalue weighted by Gasteiger charge is 2.71. The Morgan fingerprint density at radius 2 is 1.59 bits per heavy atom. The summed E-state index contributed by atoms with van der Waals surface area (Å²) in [6, 6.07) is 0. The SMILES string of the molecule is CC(=O)C(O)[C@H]1O[C@@H](OCl)[C@H](O)[C@](O)(C(C)=O)[C@@]1(O)C(C)=O. The summed E-state index contributed by atoms with van der Waals surface area (Å²) in [6.45, 7) is 2.53. The van der Waals surface area contributed by atoms with Crippen LogP contribution < -0.4 is 0 Å². The Morgan fingerprint density at radius 3 is 1.91 bits per heavy atom. The number of hydrogen-bond acceptors (Lipinski definition) is 9. The van der Waals surface area contributed by atoms with E-state index >= 15 is 0 Å². The van der Waals surface area contributed by atoms with Crippen molar-refractivity contribution in [3.05, 3.63) is 0 Å². The van der Waals surface area contributed by atoms with E-state index < -0.39 is 53.2 Å². The molecule has 1 aliphatic heterocycles. The first kappa shape index (κ1) is 19.1. The number of rotatable bonds is 5. The molecule has 0 radical (unpaired) electrons. The summed E-state index contributed by atoms with van der Waals surface area (Å²) in [7, 11) is 0. The Balaban J connectivity index is 3.59. The maximum absolute atomic E-state index is 11.9. The second kappa shape index (κ2) is 6.28. The Hall–Kier alpha value is -0.940. The number of ether oxygens (including phenoxy) is 1. The largest absolute Gasteiger partial charge is 0.384 e. The van der Waals surface area contributed by atoms with Gasteiger partial charge in [-0.1, -0.05) is 0 Å². The molecule has 1 rings (SSSR count). The normalized spacial score (nSPS) is 40.1. The van der Waals surface area contributed by atoms with Gasteiger partial charge in [-0.05, 0) is 20.8 Å². The highest BCUT2D eigenvalue weighted by atomic mass is 35.5. The van der Waals surface area contributed by atoms with Gasteiger partial charge >= 0.3 is 0 Å². The summed E-state index contributed by atoms with van der Waals surface area (Å²) in [4.78, 5) is 35.0. The van der Waals surface area contributed by atoms with Crippen molar-refractivity contribution >= 4 is 29.2 Å². The molecule has 9 nitrogen and oxygen atoms in total. The molecule has 0 saturated carbocycles. The first-order chi connectivity index (χ1) is 9.96. The predicted molar refractivity (Wildman–Crippen MR) is 69.6 cm³/mol. The maximum atomic E-state index is 11.9. The molecule has 1 heterocycles. The van der Waals surface area contributed by atoms with Gasteiger partial charge in [0.05, 0.1) is 11.9 Å². The van der Waals surface area contributed by atoms with Gasteiger partial charge in [-0.3, -0.25) is 14.4 Å². The first-order valence-electron chi connectivity index (χ1n) is 6.22. The molecular formula is C12H17ClO9. The van der Waals surface area contributed by atoms with E-state index in [1.54, 1.807) is 0 Å². The minimum absolute atomic E-state index is 0.797. The second-order valence-electron chi connectivity index (χ2n) is 5.16. The van der Waals surface area contributed by atoms with Gasteiger partial charge in [0.1, 0.15) is 18.3 Å². The molecule has 0 aliphatic carbocycles. The number of ketones is 3. The third-order valence-electron chi connectivity index (χ3n) is 3.82. The fourth-order valence-corrected chi connectivity index (χ4v) is 2.63. The second-order valence-corrected chi connectivity index (χ2v) is 5.34. The van der Waals surface area contributed by atoms with Gasteiger partial charge < -0.3 is 25.2 Å². The lowest BCUT2D eigenvalue weighted by atomic mass is 9.67. The Labute approximate surface area is 130 Å². The number of carbonyl (C=O) groups excluding carboxylic acids is 3. The highest BCUT2D eigenvalue weighted by Crippen LogP contribution is 2.41. The molecule has 1 saturated heterocycles. The van der Waals surface area contributed by atoms with Gasteiger partial charge in [0.2, 0.25) is 6.29 Å². The zero-order valence-corrected chi connectivity index (χ0v) is 12.8. The van der Waals surface area contributed by atoms with Crippen molar-refractivity contribution in [3.8, 4) is 0 Å². The standard InChI is InChI=1S/C12H17ClO9/c1-4(14)7(17)9-12(20,6(3)16)11(19,5(2)15)8(18)10(21-9)22-13/h7-10,17-20H,1-3H3/t7?,8-,9+,10-,11+,12+/m0/s1. The number of aliphatic hydroxyl groups is 4. The first-order valence-corrected chi connectivity index (χ1v) is 6.53. The van der Waals surface area contributed by atoms with Crippen molar-refractivity contribution in [1.29, 1.82) is 0 Å². The fraction of sp³-hybridized carbons (Fsp3) is 0.750. The average molecular weight is 341 g/mol. The summed E-state index contributed by atoms with van der Waals surface area (Å²) < 4.78 is 9.16. The summed E-state index contributed by atoms with van der Waals surface area (Å²) in [6.07, 6.45) is -8.29. The molecule has 0 aromatic heterocycles. The quantitative estimate of drug-likeness (QED) is 0.438. The van der Waals surface area contributed by atoms with Crippen molar-refractivity contribution in [3.63, 3.8) is 0 Å². The molecule has 6 atom stereocenters. The van der Waals surface area contributed by atoms with Gasteiger partial charge in [-0.25, -0.2) is 4.29 Å². The minimum Gasteiger partial charge on any atom is -0.384 e. The van der Waals surface area contributed by atoms with Crippen LogP contribution >= 0.6 is 11.9 Å². The van der Waals surface area contributed by atoms with E-state index in [0.717, 1.165) is 20.8 Å². The minimum atomic E-state index is -3.10. The van der Waals surface area contributed by atoms with Crippen LogP contribution in [-0.2, 0) is 23.4 Å². The van der Waals surface area contributed by atoms with E-state index in [-0.39, 0.29) is 0 Å². The van der Waals surface area contributed by atoms with Crippen LogP contribution in [-0.4, -0.2) is 73.6 Å². The lowest BCUT2D eigenvalue weighted by molar-refractivity contribution is -0.333. The van der Waals surface area contributed by atoms with Crippen molar-refractivity contribution in [2.24, 2.45) is 0 Å². The van der Waals surface area contributed by atoms with E-state index in [0.29, 0.717) is 0 Å². The number of hydrogen-bond donors (Lipinski definition) is 4. The zero-order valence-electron chi connectivity index (χ0n) is 12.0. The van der Waals surface area contributed by atoms with Crippen molar-refractivity contribution < 1.29 is 43.8 Å². The van der Waals surface area contributed by atoms with Gasteiger partial charge in [0.15, 0.2) is 28.6 Å². The summed E-state index contributed by atoms with van der Waals surface area (Å²) in [5.74, 6) is -3.33. The van der Waals surface area contributed by atoms with Crippen molar-refractivity contribution in [2.75, 3.05) is 0 Å². The smallest absolute Gasteiger partial charge is 0.207 e. The third-order valence-corrected chi connectivity index (χ3v) is 4.00.